The Labute approximate surface area is 266 Å². The Morgan fingerprint density at radius 3 is 2.24 bits per heavy atom. The fraction of sp³-hybridized carbons (Fsp3) is 0.278. The van der Waals surface area contributed by atoms with E-state index in [-0.39, 0.29) is 31.2 Å². The van der Waals surface area contributed by atoms with Gasteiger partial charge in [0.1, 0.15) is 11.5 Å². The molecule has 46 heavy (non-hydrogen) atoms. The molecule has 2 atom stereocenters. The van der Waals surface area contributed by atoms with Gasteiger partial charge in [-0.05, 0) is 60.9 Å². The van der Waals surface area contributed by atoms with Crippen LogP contribution in [0.5, 0.6) is 5.75 Å². The minimum atomic E-state index is -1.14. The molecule has 4 rings (SSSR count). The molecular weight excluding hydrogens is 594 g/mol. The molecule has 0 aliphatic heterocycles. The summed E-state index contributed by atoms with van der Waals surface area (Å²) in [5, 5.41) is 24.0. The summed E-state index contributed by atoms with van der Waals surface area (Å²) in [6, 6.07) is 19.3. The molecule has 0 spiro atoms. The molecule has 4 aromatic rings. The second-order valence-electron chi connectivity index (χ2n) is 11.1. The van der Waals surface area contributed by atoms with Crippen LogP contribution >= 0.6 is 0 Å². The molecule has 1 amide bonds. The Morgan fingerprint density at radius 1 is 0.935 bits per heavy atom. The molecule has 0 saturated heterocycles. The van der Waals surface area contributed by atoms with Gasteiger partial charge in [-0.25, -0.2) is 8.78 Å². The lowest BCUT2D eigenvalue weighted by molar-refractivity contribution is -0.143. The van der Waals surface area contributed by atoms with Gasteiger partial charge in [0.15, 0.2) is 11.6 Å². The van der Waals surface area contributed by atoms with Crippen molar-refractivity contribution in [3.63, 3.8) is 0 Å². The van der Waals surface area contributed by atoms with Crippen molar-refractivity contribution in [2.45, 2.75) is 51.5 Å². The number of nitrogens with one attached hydrogen (secondary N) is 1. The smallest absolute Gasteiger partial charge is 0.308 e. The summed E-state index contributed by atoms with van der Waals surface area (Å²) >= 11 is 0. The third-order valence-electron chi connectivity index (χ3n) is 7.46. The van der Waals surface area contributed by atoms with Gasteiger partial charge in [0, 0.05) is 35.8 Å². The first-order chi connectivity index (χ1) is 22.0. The summed E-state index contributed by atoms with van der Waals surface area (Å²) in [6.07, 6.45) is 0.493. The number of carbonyl (C=O) groups is 2. The lowest BCUT2D eigenvalue weighted by atomic mass is 9.94. The maximum Gasteiger partial charge on any atom is 0.308 e. The summed E-state index contributed by atoms with van der Waals surface area (Å²) in [5.74, 6) is -1.89. The number of aromatic nitrogens is 1. The van der Waals surface area contributed by atoms with Crippen molar-refractivity contribution < 1.29 is 38.1 Å². The molecule has 3 N–H and O–H groups in total. The van der Waals surface area contributed by atoms with E-state index in [4.69, 9.17) is 4.74 Å². The molecule has 1 aromatic heterocycles. The first-order valence-electron chi connectivity index (χ1n) is 14.8. The SMILES string of the molecule is COC(=O)C[C@H](O)C[C@H](O)C=Cc1c(-c2ccc(F)cc2)c(-c2ccccc2)c(C(=O)NCc2ccc(F)c(OC)c2)n1C(C)C. The highest BCUT2D eigenvalue weighted by Crippen LogP contribution is 2.42. The molecule has 0 radical (unpaired) electrons. The molecule has 0 unspecified atom stereocenters. The molecular formula is C36H38F2N2O6. The molecule has 0 fully saturated rings. The standard InChI is InChI=1S/C36H38F2N2O6/c1-22(2)40-30(17-15-27(41)19-28(42)20-32(43)46-4)33(25-11-13-26(37)14-12-25)34(24-8-6-5-7-9-24)35(40)36(44)39-21-23-10-16-29(38)31(18-23)45-3/h5-18,22,27-28,41-42H,19-21H2,1-4H3,(H,39,44)/t27-,28-/m1/s1. The highest BCUT2D eigenvalue weighted by molar-refractivity contribution is 6.06. The quantitative estimate of drug-likeness (QED) is 0.149. The molecule has 0 aliphatic rings. The van der Waals surface area contributed by atoms with Gasteiger partial charge in [-0.3, -0.25) is 9.59 Å². The minimum absolute atomic E-state index is 0.0589. The first-order valence-corrected chi connectivity index (χ1v) is 14.8. The number of ether oxygens (including phenoxy) is 2. The van der Waals surface area contributed by atoms with E-state index in [2.05, 4.69) is 10.1 Å². The summed E-state index contributed by atoms with van der Waals surface area (Å²) in [6.45, 7) is 3.91. The van der Waals surface area contributed by atoms with E-state index in [0.717, 1.165) is 5.56 Å². The van der Waals surface area contributed by atoms with Gasteiger partial charge in [-0.2, -0.15) is 0 Å². The lowest BCUT2D eigenvalue weighted by Crippen LogP contribution is -2.27. The van der Waals surface area contributed by atoms with Crippen LogP contribution in [0, 0.1) is 11.6 Å². The second kappa shape index (κ2) is 15.5. The number of benzene rings is 3. The zero-order valence-corrected chi connectivity index (χ0v) is 26.2. The van der Waals surface area contributed by atoms with Crippen molar-refractivity contribution in [1.82, 2.24) is 9.88 Å². The van der Waals surface area contributed by atoms with Crippen LogP contribution in [0.3, 0.4) is 0 Å². The third kappa shape index (κ3) is 8.07. The number of hydrogen-bond donors (Lipinski definition) is 3. The summed E-state index contributed by atoms with van der Waals surface area (Å²) in [4.78, 5) is 25.8. The van der Waals surface area contributed by atoms with Gasteiger partial charge in [0.25, 0.3) is 5.91 Å². The predicted octanol–water partition coefficient (Wildman–Crippen LogP) is 6.31. The van der Waals surface area contributed by atoms with Crippen molar-refractivity contribution in [3.05, 3.63) is 107 Å². The van der Waals surface area contributed by atoms with Crippen LogP contribution in [0.25, 0.3) is 28.3 Å². The average Bonchev–Trinajstić information content (AvgIpc) is 3.39. The Balaban J connectivity index is 1.87. The predicted molar refractivity (Wildman–Crippen MR) is 172 cm³/mol. The Bertz CT molecular complexity index is 1680. The Hall–Kier alpha value is -4.80. The largest absolute Gasteiger partial charge is 0.494 e. The van der Waals surface area contributed by atoms with E-state index >= 15 is 0 Å². The van der Waals surface area contributed by atoms with Gasteiger partial charge in [0.05, 0.1) is 32.8 Å². The van der Waals surface area contributed by atoms with Crippen molar-refractivity contribution in [3.8, 4) is 28.0 Å². The number of methoxy groups -OCH3 is 2. The highest BCUT2D eigenvalue weighted by Gasteiger charge is 2.29. The molecule has 3 aromatic carbocycles. The number of carbonyl (C=O) groups excluding carboxylic acids is 2. The monoisotopic (exact) mass is 632 g/mol. The average molecular weight is 633 g/mol. The van der Waals surface area contributed by atoms with Crippen LogP contribution in [0.4, 0.5) is 8.78 Å². The molecule has 10 heteroatoms. The normalized spacial score (nSPS) is 12.7. The zero-order valence-electron chi connectivity index (χ0n) is 26.2. The number of amides is 1. The molecule has 0 bridgehead atoms. The number of aliphatic hydroxyl groups excluding tert-OH is 2. The van der Waals surface area contributed by atoms with Crippen LogP contribution in [-0.4, -0.2) is 53.1 Å². The maximum absolute atomic E-state index is 14.2. The molecule has 8 nitrogen and oxygen atoms in total. The second-order valence-corrected chi connectivity index (χ2v) is 11.1. The van der Waals surface area contributed by atoms with Crippen LogP contribution < -0.4 is 10.1 Å². The Kier molecular flexibility index (Phi) is 11.5. The Morgan fingerprint density at radius 2 is 1.61 bits per heavy atom. The van der Waals surface area contributed by atoms with Gasteiger partial charge in [0.2, 0.25) is 0 Å². The van der Waals surface area contributed by atoms with E-state index in [0.29, 0.717) is 33.6 Å². The topological polar surface area (TPSA) is 110 Å². The van der Waals surface area contributed by atoms with Crippen molar-refractivity contribution >= 4 is 18.0 Å². The van der Waals surface area contributed by atoms with E-state index < -0.39 is 35.7 Å². The number of nitrogens with zero attached hydrogens (tertiary/aromatic N) is 1. The van der Waals surface area contributed by atoms with E-state index in [1.807, 2.05) is 48.7 Å². The molecule has 1 heterocycles. The van der Waals surface area contributed by atoms with E-state index in [9.17, 15) is 28.6 Å². The van der Waals surface area contributed by atoms with Gasteiger partial charge in [-0.1, -0.05) is 54.6 Å². The number of halogens is 2. The third-order valence-corrected chi connectivity index (χ3v) is 7.46. The van der Waals surface area contributed by atoms with Crippen molar-refractivity contribution in [2.24, 2.45) is 0 Å². The van der Waals surface area contributed by atoms with Gasteiger partial charge < -0.3 is 29.6 Å². The molecule has 0 aliphatic carbocycles. The molecule has 0 saturated carbocycles. The van der Waals surface area contributed by atoms with Gasteiger partial charge in [-0.15, -0.1) is 0 Å². The fourth-order valence-electron chi connectivity index (χ4n) is 5.32. The summed E-state index contributed by atoms with van der Waals surface area (Å²) in [7, 11) is 2.59. The summed E-state index contributed by atoms with van der Waals surface area (Å²) < 4.78 is 39.7. The van der Waals surface area contributed by atoms with Crippen molar-refractivity contribution in [1.29, 1.82) is 0 Å². The van der Waals surface area contributed by atoms with E-state index in [1.54, 1.807) is 24.3 Å². The zero-order chi connectivity index (χ0) is 33.4. The lowest BCUT2D eigenvalue weighted by Gasteiger charge is -2.17. The van der Waals surface area contributed by atoms with Gasteiger partial charge >= 0.3 is 5.97 Å². The first kappa shape index (κ1) is 34.1. The van der Waals surface area contributed by atoms with Crippen molar-refractivity contribution in [2.75, 3.05) is 14.2 Å². The fourth-order valence-corrected chi connectivity index (χ4v) is 5.32. The van der Waals surface area contributed by atoms with E-state index in [1.165, 1.54) is 44.6 Å². The minimum Gasteiger partial charge on any atom is -0.494 e. The maximum atomic E-state index is 14.2. The van der Waals surface area contributed by atoms with Crippen LogP contribution in [0.2, 0.25) is 0 Å². The van der Waals surface area contributed by atoms with Crippen LogP contribution in [-0.2, 0) is 16.1 Å². The number of aliphatic hydroxyl groups is 2. The highest BCUT2D eigenvalue weighted by atomic mass is 19.1. The number of esters is 1. The van der Waals surface area contributed by atoms with Crippen LogP contribution in [0.15, 0.2) is 78.9 Å². The molecule has 242 valence electrons. The van der Waals surface area contributed by atoms with Crippen LogP contribution in [0.1, 0.15) is 54.5 Å². The number of hydrogen-bond acceptors (Lipinski definition) is 6. The summed E-state index contributed by atoms with van der Waals surface area (Å²) in [5.41, 5.74) is 4.12. The number of rotatable bonds is 13.